The number of halogens is 1. The highest BCUT2D eigenvalue weighted by molar-refractivity contribution is 9.10. The minimum absolute atomic E-state index is 0.496. The highest BCUT2D eigenvalue weighted by Gasteiger charge is 2.13. The van der Waals surface area contributed by atoms with Gasteiger partial charge < -0.3 is 10.1 Å². The second-order valence-electron chi connectivity index (χ2n) is 4.74. The fraction of sp³-hybridized carbons (Fsp3) is 0.692. The first-order valence-corrected chi connectivity index (χ1v) is 7.42. The van der Waals surface area contributed by atoms with Crippen LogP contribution >= 0.6 is 15.9 Å². The van der Waals surface area contributed by atoms with E-state index in [9.17, 15) is 0 Å². The van der Waals surface area contributed by atoms with Crippen molar-refractivity contribution < 1.29 is 4.74 Å². The number of nitrogens with zero attached hydrogens (tertiary/aromatic N) is 2. The molecule has 0 aliphatic heterocycles. The molecule has 0 atom stereocenters. The summed E-state index contributed by atoms with van der Waals surface area (Å²) in [6.45, 7) is 0. The zero-order valence-electron chi connectivity index (χ0n) is 10.8. The van der Waals surface area contributed by atoms with Gasteiger partial charge in [0.15, 0.2) is 0 Å². The number of hydrogen-bond donors (Lipinski definition) is 1. The van der Waals surface area contributed by atoms with Gasteiger partial charge in [0, 0.05) is 6.04 Å². The largest absolute Gasteiger partial charge is 0.480 e. The molecule has 100 valence electrons. The molecule has 1 aliphatic rings. The first-order chi connectivity index (χ1) is 8.79. The van der Waals surface area contributed by atoms with Crippen LogP contribution in [0.4, 0.5) is 5.95 Å². The molecule has 1 N–H and O–H groups in total. The summed E-state index contributed by atoms with van der Waals surface area (Å²) in [4.78, 5) is 8.63. The first-order valence-electron chi connectivity index (χ1n) is 6.62. The standard InChI is InChI=1S/C13H20BrN3O/c1-18-12-11(14)9-15-13(17-12)16-10-7-5-3-2-4-6-8-10/h9-10H,2-8H2,1H3,(H,15,16,17). The van der Waals surface area contributed by atoms with Crippen LogP contribution < -0.4 is 10.1 Å². The van der Waals surface area contributed by atoms with E-state index in [2.05, 4.69) is 31.2 Å². The molecule has 1 aliphatic carbocycles. The molecule has 0 saturated heterocycles. The third kappa shape index (κ3) is 3.83. The van der Waals surface area contributed by atoms with Gasteiger partial charge in [0.2, 0.25) is 11.8 Å². The summed E-state index contributed by atoms with van der Waals surface area (Å²) in [5.41, 5.74) is 0. The molecular weight excluding hydrogens is 294 g/mol. The quantitative estimate of drug-likeness (QED) is 0.922. The molecule has 0 unspecified atom stereocenters. The Morgan fingerprint density at radius 2 is 1.89 bits per heavy atom. The van der Waals surface area contributed by atoms with Gasteiger partial charge in [-0.1, -0.05) is 32.1 Å². The van der Waals surface area contributed by atoms with Crippen LogP contribution in [-0.4, -0.2) is 23.1 Å². The maximum absolute atomic E-state index is 5.18. The summed E-state index contributed by atoms with van der Waals surface area (Å²) in [7, 11) is 1.62. The van der Waals surface area contributed by atoms with E-state index in [-0.39, 0.29) is 0 Å². The molecule has 0 spiro atoms. The monoisotopic (exact) mass is 313 g/mol. The van der Waals surface area contributed by atoms with Gasteiger partial charge >= 0.3 is 0 Å². The van der Waals surface area contributed by atoms with Crippen LogP contribution in [0.1, 0.15) is 44.9 Å². The van der Waals surface area contributed by atoms with Crippen LogP contribution in [0.2, 0.25) is 0 Å². The molecule has 5 heteroatoms. The Bertz CT molecular complexity index is 378. The van der Waals surface area contributed by atoms with Gasteiger partial charge in [0.1, 0.15) is 0 Å². The molecule has 18 heavy (non-hydrogen) atoms. The number of anilines is 1. The van der Waals surface area contributed by atoms with Crippen molar-refractivity contribution in [2.45, 2.75) is 51.0 Å². The number of methoxy groups -OCH3 is 1. The van der Waals surface area contributed by atoms with E-state index in [4.69, 9.17) is 4.74 Å². The van der Waals surface area contributed by atoms with Gasteiger partial charge in [0.25, 0.3) is 0 Å². The van der Waals surface area contributed by atoms with Crippen molar-refractivity contribution in [3.05, 3.63) is 10.7 Å². The summed E-state index contributed by atoms with van der Waals surface area (Å²) in [6.07, 6.45) is 10.8. The van der Waals surface area contributed by atoms with Crippen molar-refractivity contribution in [2.24, 2.45) is 0 Å². The molecule has 2 rings (SSSR count). The van der Waals surface area contributed by atoms with E-state index in [0.717, 1.165) is 4.47 Å². The Kier molecular flexibility index (Phi) is 5.23. The Hall–Kier alpha value is -0.840. The Morgan fingerprint density at radius 3 is 2.56 bits per heavy atom. The fourth-order valence-electron chi connectivity index (χ4n) is 2.35. The first kappa shape index (κ1) is 13.6. The van der Waals surface area contributed by atoms with Crippen LogP contribution in [0.5, 0.6) is 5.88 Å². The maximum atomic E-state index is 5.18. The van der Waals surface area contributed by atoms with Gasteiger partial charge in [-0.2, -0.15) is 4.98 Å². The van der Waals surface area contributed by atoms with E-state index in [1.54, 1.807) is 13.3 Å². The molecule has 1 aromatic heterocycles. The minimum Gasteiger partial charge on any atom is -0.480 e. The van der Waals surface area contributed by atoms with Crippen molar-refractivity contribution in [3.8, 4) is 5.88 Å². The molecule has 0 bridgehead atoms. The molecule has 0 aromatic carbocycles. The molecule has 1 fully saturated rings. The summed E-state index contributed by atoms with van der Waals surface area (Å²) in [5.74, 6) is 1.25. The van der Waals surface area contributed by atoms with Gasteiger partial charge in [-0.05, 0) is 28.8 Å². The third-order valence-electron chi connectivity index (χ3n) is 3.34. The van der Waals surface area contributed by atoms with Crippen LogP contribution in [0.25, 0.3) is 0 Å². The Morgan fingerprint density at radius 1 is 1.22 bits per heavy atom. The van der Waals surface area contributed by atoms with Gasteiger partial charge in [-0.3, -0.25) is 0 Å². The fourth-order valence-corrected chi connectivity index (χ4v) is 2.70. The SMILES string of the molecule is COc1nc(NC2CCCCCCC2)ncc1Br. The number of rotatable bonds is 3. The predicted molar refractivity (Wildman–Crippen MR) is 76.0 cm³/mol. The molecule has 0 radical (unpaired) electrons. The molecular formula is C13H20BrN3O. The second kappa shape index (κ2) is 6.92. The van der Waals surface area contributed by atoms with Gasteiger partial charge in [-0.25, -0.2) is 4.98 Å². The number of nitrogens with one attached hydrogen (secondary N) is 1. The lowest BCUT2D eigenvalue weighted by Gasteiger charge is -2.21. The lowest BCUT2D eigenvalue weighted by molar-refractivity contribution is 0.394. The molecule has 1 saturated carbocycles. The summed E-state index contributed by atoms with van der Waals surface area (Å²) in [6, 6.07) is 0.496. The molecule has 1 heterocycles. The highest BCUT2D eigenvalue weighted by atomic mass is 79.9. The van der Waals surface area contributed by atoms with E-state index < -0.39 is 0 Å². The van der Waals surface area contributed by atoms with Crippen molar-refractivity contribution >= 4 is 21.9 Å². The van der Waals surface area contributed by atoms with Crippen LogP contribution in [0.15, 0.2) is 10.7 Å². The average molecular weight is 314 g/mol. The number of hydrogen-bond acceptors (Lipinski definition) is 4. The van der Waals surface area contributed by atoms with E-state index in [0.29, 0.717) is 17.9 Å². The topological polar surface area (TPSA) is 47.0 Å². The number of ether oxygens (including phenoxy) is 1. The van der Waals surface area contributed by atoms with Crippen molar-refractivity contribution in [1.82, 2.24) is 9.97 Å². The Labute approximate surface area is 117 Å². The zero-order valence-corrected chi connectivity index (χ0v) is 12.4. The van der Waals surface area contributed by atoms with Crippen LogP contribution in [0, 0.1) is 0 Å². The molecule has 1 aromatic rings. The highest BCUT2D eigenvalue weighted by Crippen LogP contribution is 2.24. The van der Waals surface area contributed by atoms with Crippen molar-refractivity contribution in [1.29, 1.82) is 0 Å². The van der Waals surface area contributed by atoms with Gasteiger partial charge in [0.05, 0.1) is 17.8 Å². The van der Waals surface area contributed by atoms with Crippen LogP contribution in [0.3, 0.4) is 0 Å². The van der Waals surface area contributed by atoms with E-state index in [1.165, 1.54) is 44.9 Å². The van der Waals surface area contributed by atoms with Crippen LogP contribution in [-0.2, 0) is 0 Å². The summed E-state index contributed by atoms with van der Waals surface area (Å²) >= 11 is 3.36. The van der Waals surface area contributed by atoms with Crippen molar-refractivity contribution in [2.75, 3.05) is 12.4 Å². The second-order valence-corrected chi connectivity index (χ2v) is 5.59. The van der Waals surface area contributed by atoms with Crippen molar-refractivity contribution in [3.63, 3.8) is 0 Å². The zero-order chi connectivity index (χ0) is 12.8. The number of aromatic nitrogens is 2. The van der Waals surface area contributed by atoms with E-state index in [1.807, 2.05) is 0 Å². The summed E-state index contributed by atoms with van der Waals surface area (Å²) < 4.78 is 5.97. The van der Waals surface area contributed by atoms with Gasteiger partial charge in [-0.15, -0.1) is 0 Å². The molecule has 0 amide bonds. The Balaban J connectivity index is 1.98. The molecule has 4 nitrogen and oxygen atoms in total. The predicted octanol–water partition coefficient (Wildman–Crippen LogP) is 3.77. The normalized spacial score (nSPS) is 17.9. The van der Waals surface area contributed by atoms with E-state index >= 15 is 0 Å². The maximum Gasteiger partial charge on any atom is 0.232 e. The minimum atomic E-state index is 0.496. The summed E-state index contributed by atoms with van der Waals surface area (Å²) in [5, 5.41) is 3.43. The average Bonchev–Trinajstić information content (AvgIpc) is 2.34. The smallest absolute Gasteiger partial charge is 0.232 e. The third-order valence-corrected chi connectivity index (χ3v) is 3.89. The lowest BCUT2D eigenvalue weighted by atomic mass is 9.97. The lowest BCUT2D eigenvalue weighted by Crippen LogP contribution is -2.22.